The molecular formula is C19H21F3N2O2S. The molecule has 0 saturated carbocycles. The number of alkyl halides is 3. The van der Waals surface area contributed by atoms with E-state index in [1.807, 2.05) is 42.5 Å². The molecule has 0 heterocycles. The lowest BCUT2D eigenvalue weighted by Gasteiger charge is -2.25. The van der Waals surface area contributed by atoms with Crippen LogP contribution in [0.1, 0.15) is 12.5 Å². The molecule has 0 spiro atoms. The molecular weight excluding hydrogens is 377 g/mol. The molecule has 0 atom stereocenters. The standard InChI is InChI=1S/C19H21F3N2O2S/c1-4-26-18(25)24(19(20,21)22)16-9-7-15(8-10-16)23(2)13-14-5-11-17(27-3)12-6-14/h5-12H,4,13H2,1-3H3. The third-order valence-electron chi connectivity index (χ3n) is 3.83. The van der Waals surface area contributed by atoms with Crippen LogP contribution in [0, 0.1) is 0 Å². The smallest absolute Gasteiger partial charge is 0.449 e. The average Bonchev–Trinajstić information content (AvgIpc) is 2.62. The van der Waals surface area contributed by atoms with Crippen LogP contribution in [0.25, 0.3) is 0 Å². The molecule has 0 unspecified atom stereocenters. The number of nitrogens with zero attached hydrogens (tertiary/aromatic N) is 2. The van der Waals surface area contributed by atoms with Crippen molar-refractivity contribution in [2.75, 3.05) is 29.7 Å². The van der Waals surface area contributed by atoms with Crippen LogP contribution in [0.5, 0.6) is 0 Å². The summed E-state index contributed by atoms with van der Waals surface area (Å²) in [5, 5.41) is 0. The number of rotatable bonds is 6. The van der Waals surface area contributed by atoms with E-state index in [0.717, 1.165) is 16.1 Å². The molecule has 2 rings (SSSR count). The fraction of sp³-hybridized carbons (Fsp3) is 0.316. The van der Waals surface area contributed by atoms with Crippen LogP contribution >= 0.6 is 11.8 Å². The van der Waals surface area contributed by atoms with Gasteiger partial charge in [-0.3, -0.25) is 0 Å². The van der Waals surface area contributed by atoms with Crippen LogP contribution in [0.15, 0.2) is 53.4 Å². The first kappa shape index (κ1) is 21.0. The molecule has 0 fully saturated rings. The van der Waals surface area contributed by atoms with Crippen LogP contribution in [-0.4, -0.2) is 32.3 Å². The lowest BCUT2D eigenvalue weighted by Crippen LogP contribution is -2.43. The second-order valence-corrected chi connectivity index (χ2v) is 6.60. The van der Waals surface area contributed by atoms with Crippen LogP contribution in [-0.2, 0) is 11.3 Å². The molecule has 8 heteroatoms. The van der Waals surface area contributed by atoms with Gasteiger partial charge in [-0.05, 0) is 55.1 Å². The summed E-state index contributed by atoms with van der Waals surface area (Å²) in [6, 6.07) is 13.7. The zero-order valence-corrected chi connectivity index (χ0v) is 16.1. The van der Waals surface area contributed by atoms with E-state index in [1.54, 1.807) is 23.9 Å². The minimum Gasteiger partial charge on any atom is -0.449 e. The SMILES string of the molecule is CCOC(=O)N(c1ccc(N(C)Cc2ccc(SC)cc2)cc1)C(F)(F)F. The molecule has 27 heavy (non-hydrogen) atoms. The second kappa shape index (κ2) is 9.03. The maximum atomic E-state index is 13.2. The Morgan fingerprint density at radius 3 is 2.07 bits per heavy atom. The van der Waals surface area contributed by atoms with Crippen LogP contribution in [0.4, 0.5) is 29.3 Å². The molecule has 0 N–H and O–H groups in total. The number of amides is 1. The van der Waals surface area contributed by atoms with E-state index in [4.69, 9.17) is 0 Å². The van der Waals surface area contributed by atoms with Gasteiger partial charge >= 0.3 is 12.4 Å². The Hall–Kier alpha value is -2.35. The maximum Gasteiger partial charge on any atom is 0.494 e. The van der Waals surface area contributed by atoms with Gasteiger partial charge in [-0.25, -0.2) is 4.79 Å². The summed E-state index contributed by atoms with van der Waals surface area (Å²) >= 11 is 1.66. The van der Waals surface area contributed by atoms with E-state index >= 15 is 0 Å². The first-order valence-electron chi connectivity index (χ1n) is 8.24. The zero-order chi connectivity index (χ0) is 20.0. The van der Waals surface area contributed by atoms with Crippen molar-refractivity contribution < 1.29 is 22.7 Å². The van der Waals surface area contributed by atoms with E-state index < -0.39 is 12.4 Å². The van der Waals surface area contributed by atoms with Crippen molar-refractivity contribution in [3.63, 3.8) is 0 Å². The number of halogens is 3. The molecule has 0 aromatic heterocycles. The lowest BCUT2D eigenvalue weighted by atomic mass is 10.2. The summed E-state index contributed by atoms with van der Waals surface area (Å²) in [6.07, 6.45) is -4.30. The Kier molecular flexibility index (Phi) is 7.01. The predicted molar refractivity (Wildman–Crippen MR) is 102 cm³/mol. The van der Waals surface area contributed by atoms with E-state index in [-0.39, 0.29) is 17.2 Å². The van der Waals surface area contributed by atoms with Crippen LogP contribution < -0.4 is 9.80 Å². The molecule has 2 aromatic carbocycles. The number of thioether (sulfide) groups is 1. The minimum atomic E-state index is -4.86. The highest BCUT2D eigenvalue weighted by atomic mass is 32.2. The fourth-order valence-corrected chi connectivity index (χ4v) is 2.90. The Morgan fingerprint density at radius 2 is 1.59 bits per heavy atom. The van der Waals surface area contributed by atoms with Crippen molar-refractivity contribution in [2.45, 2.75) is 24.7 Å². The number of hydrogen-bond acceptors (Lipinski definition) is 4. The van der Waals surface area contributed by atoms with Crippen molar-refractivity contribution in [1.82, 2.24) is 0 Å². The number of anilines is 2. The average molecular weight is 398 g/mol. The van der Waals surface area contributed by atoms with Gasteiger partial charge in [0, 0.05) is 24.2 Å². The quantitative estimate of drug-likeness (QED) is 0.473. The van der Waals surface area contributed by atoms with E-state index in [9.17, 15) is 18.0 Å². The molecule has 0 aliphatic rings. The summed E-state index contributed by atoms with van der Waals surface area (Å²) in [7, 11) is 1.85. The highest BCUT2D eigenvalue weighted by Crippen LogP contribution is 2.31. The van der Waals surface area contributed by atoms with Crippen LogP contribution in [0.2, 0.25) is 0 Å². The Labute approximate surface area is 160 Å². The third kappa shape index (κ3) is 5.56. The number of ether oxygens (including phenoxy) is 1. The van der Waals surface area contributed by atoms with Gasteiger partial charge in [-0.1, -0.05) is 12.1 Å². The number of benzene rings is 2. The Balaban J connectivity index is 2.15. The number of carbonyl (C=O) groups excluding carboxylic acids is 1. The summed E-state index contributed by atoms with van der Waals surface area (Å²) in [5.41, 5.74) is 1.53. The topological polar surface area (TPSA) is 32.8 Å². The molecule has 4 nitrogen and oxygen atoms in total. The van der Waals surface area contributed by atoms with Gasteiger partial charge < -0.3 is 9.64 Å². The minimum absolute atomic E-state index is 0.137. The van der Waals surface area contributed by atoms with E-state index in [0.29, 0.717) is 6.54 Å². The van der Waals surface area contributed by atoms with Crippen molar-refractivity contribution >= 4 is 29.2 Å². The summed E-state index contributed by atoms with van der Waals surface area (Å²) in [6.45, 7) is 1.92. The Bertz CT molecular complexity index is 749. The molecule has 2 aromatic rings. The fourth-order valence-electron chi connectivity index (χ4n) is 2.50. The molecule has 0 radical (unpaired) electrons. The first-order valence-corrected chi connectivity index (χ1v) is 9.46. The molecule has 0 bridgehead atoms. The summed E-state index contributed by atoms with van der Waals surface area (Å²) in [4.78, 5) is 14.5. The van der Waals surface area contributed by atoms with Crippen molar-refractivity contribution in [3.05, 3.63) is 54.1 Å². The van der Waals surface area contributed by atoms with Gasteiger partial charge in [0.05, 0.1) is 12.3 Å². The highest BCUT2D eigenvalue weighted by molar-refractivity contribution is 7.98. The maximum absolute atomic E-state index is 13.2. The molecule has 146 valence electrons. The molecule has 1 amide bonds. The van der Waals surface area contributed by atoms with Gasteiger partial charge in [0.15, 0.2) is 0 Å². The van der Waals surface area contributed by atoms with E-state index in [2.05, 4.69) is 4.74 Å². The summed E-state index contributed by atoms with van der Waals surface area (Å²) < 4.78 is 44.1. The van der Waals surface area contributed by atoms with Crippen LogP contribution in [0.3, 0.4) is 0 Å². The number of carbonyl (C=O) groups is 1. The monoisotopic (exact) mass is 398 g/mol. The van der Waals surface area contributed by atoms with Crippen molar-refractivity contribution in [1.29, 1.82) is 0 Å². The normalized spacial score (nSPS) is 11.2. The van der Waals surface area contributed by atoms with Gasteiger partial charge in [0.1, 0.15) is 0 Å². The van der Waals surface area contributed by atoms with Crippen molar-refractivity contribution in [2.24, 2.45) is 0 Å². The third-order valence-corrected chi connectivity index (χ3v) is 4.57. The first-order chi connectivity index (χ1) is 12.8. The van der Waals surface area contributed by atoms with Crippen molar-refractivity contribution in [3.8, 4) is 0 Å². The number of hydrogen-bond donors (Lipinski definition) is 0. The molecule has 0 aliphatic heterocycles. The predicted octanol–water partition coefficient (Wildman–Crippen LogP) is 5.53. The molecule has 0 saturated heterocycles. The van der Waals surface area contributed by atoms with Gasteiger partial charge in [-0.15, -0.1) is 24.9 Å². The molecule has 0 aliphatic carbocycles. The van der Waals surface area contributed by atoms with Gasteiger partial charge in [0.2, 0.25) is 0 Å². The Morgan fingerprint density at radius 1 is 1.04 bits per heavy atom. The highest BCUT2D eigenvalue weighted by Gasteiger charge is 2.43. The second-order valence-electron chi connectivity index (χ2n) is 5.72. The zero-order valence-electron chi connectivity index (χ0n) is 15.3. The lowest BCUT2D eigenvalue weighted by molar-refractivity contribution is -0.124. The van der Waals surface area contributed by atoms with Gasteiger partial charge in [0.25, 0.3) is 0 Å². The summed E-state index contributed by atoms with van der Waals surface area (Å²) in [5.74, 6) is 0. The van der Waals surface area contributed by atoms with E-state index in [1.165, 1.54) is 19.1 Å². The largest absolute Gasteiger partial charge is 0.494 e. The van der Waals surface area contributed by atoms with Gasteiger partial charge in [-0.2, -0.15) is 4.90 Å².